The Labute approximate surface area is 129 Å². The Balaban J connectivity index is 2.01. The summed E-state index contributed by atoms with van der Waals surface area (Å²) in [4.78, 5) is 12.3. The molecule has 1 atom stereocenters. The Morgan fingerprint density at radius 3 is 2.45 bits per heavy atom. The zero-order chi connectivity index (χ0) is 15.7. The van der Waals surface area contributed by atoms with Crippen molar-refractivity contribution in [3.8, 4) is 0 Å². The second-order valence-corrected chi connectivity index (χ2v) is 7.44. The Morgan fingerprint density at radius 2 is 1.86 bits per heavy atom. The summed E-state index contributed by atoms with van der Waals surface area (Å²) in [5.74, 6) is -0.267. The number of carbonyl (C=O) groups excluding carboxylic acids is 1. The maximum Gasteiger partial charge on any atom is 0.335 e. The maximum absolute atomic E-state index is 12.0. The molecule has 0 fully saturated rings. The van der Waals surface area contributed by atoms with Crippen LogP contribution in [0.4, 0.5) is 0 Å². The van der Waals surface area contributed by atoms with E-state index in [-0.39, 0.29) is 23.4 Å². The lowest BCUT2D eigenvalue weighted by molar-refractivity contribution is -0.136. The van der Waals surface area contributed by atoms with Crippen molar-refractivity contribution in [3.63, 3.8) is 0 Å². The van der Waals surface area contributed by atoms with Gasteiger partial charge >= 0.3 is 5.97 Å². The molecule has 0 radical (unpaired) electrons. The van der Waals surface area contributed by atoms with E-state index in [1.54, 1.807) is 24.3 Å². The van der Waals surface area contributed by atoms with Gasteiger partial charge in [0.05, 0.1) is 10.5 Å². The van der Waals surface area contributed by atoms with Crippen molar-refractivity contribution in [2.24, 2.45) is 5.92 Å². The van der Waals surface area contributed by atoms with Gasteiger partial charge in [-0.25, -0.2) is 13.2 Å². The van der Waals surface area contributed by atoms with E-state index in [2.05, 4.69) is 0 Å². The molecule has 0 saturated heterocycles. The van der Waals surface area contributed by atoms with Gasteiger partial charge in [-0.3, -0.25) is 0 Å². The summed E-state index contributed by atoms with van der Waals surface area (Å²) in [6.07, 6.45) is 9.84. The summed E-state index contributed by atoms with van der Waals surface area (Å²) >= 11 is 0. The zero-order valence-corrected chi connectivity index (χ0v) is 13.0. The molecule has 1 aromatic carbocycles. The summed E-state index contributed by atoms with van der Waals surface area (Å²) < 4.78 is 28.2. The topological polar surface area (TPSA) is 60.4 Å². The first-order chi connectivity index (χ1) is 10.5. The van der Waals surface area contributed by atoms with Gasteiger partial charge in [-0.1, -0.05) is 36.4 Å². The van der Waals surface area contributed by atoms with Crippen LogP contribution in [0.1, 0.15) is 12.0 Å². The molecule has 1 aliphatic heterocycles. The van der Waals surface area contributed by atoms with E-state index in [4.69, 9.17) is 4.74 Å². The van der Waals surface area contributed by atoms with Gasteiger partial charge in [0.1, 0.15) is 6.61 Å². The number of esters is 1. The van der Waals surface area contributed by atoms with Gasteiger partial charge in [-0.15, -0.1) is 0 Å². The number of cyclic esters (lactones) is 1. The van der Waals surface area contributed by atoms with E-state index in [1.165, 1.54) is 6.26 Å². The standard InChI is InChI=1S/C17H16O4S/c1-22(19,20)14-9-7-12(8-10-14)15-11-21-17(18)16(15)13-5-3-2-4-6-13/h2-5,7-10,13H,6,11H2,1H3. The molecule has 0 aromatic heterocycles. The van der Waals surface area contributed by atoms with Crippen molar-refractivity contribution < 1.29 is 17.9 Å². The van der Waals surface area contributed by atoms with Crippen molar-refractivity contribution in [1.29, 1.82) is 0 Å². The van der Waals surface area contributed by atoms with Crippen molar-refractivity contribution in [1.82, 2.24) is 0 Å². The highest BCUT2D eigenvalue weighted by Crippen LogP contribution is 2.34. The van der Waals surface area contributed by atoms with E-state index in [0.29, 0.717) is 5.57 Å². The fraction of sp³-hybridized carbons (Fsp3) is 0.235. The molecule has 4 nitrogen and oxygen atoms in total. The lowest BCUT2D eigenvalue weighted by atomic mass is 9.88. The quantitative estimate of drug-likeness (QED) is 0.804. The van der Waals surface area contributed by atoms with E-state index in [9.17, 15) is 13.2 Å². The Morgan fingerprint density at radius 1 is 1.14 bits per heavy atom. The number of allylic oxidation sites excluding steroid dienone is 4. The Hall–Kier alpha value is -2.14. The first-order valence-corrected chi connectivity index (χ1v) is 8.90. The number of carbonyl (C=O) groups is 1. The van der Waals surface area contributed by atoms with E-state index in [0.717, 1.165) is 17.6 Å². The molecule has 5 heteroatoms. The van der Waals surface area contributed by atoms with Gasteiger partial charge < -0.3 is 4.74 Å². The maximum atomic E-state index is 12.0. The number of benzene rings is 1. The lowest BCUT2D eigenvalue weighted by Crippen LogP contribution is -2.10. The minimum atomic E-state index is -3.22. The van der Waals surface area contributed by atoms with Crippen LogP contribution in [0.25, 0.3) is 5.57 Å². The SMILES string of the molecule is CS(=O)(=O)c1ccc(C2=C(C3C=CC=CC3)C(=O)OC2)cc1. The molecule has 0 spiro atoms. The number of ether oxygens (including phenoxy) is 1. The molecule has 2 aliphatic rings. The summed E-state index contributed by atoms with van der Waals surface area (Å²) in [7, 11) is -3.22. The highest BCUT2D eigenvalue weighted by Gasteiger charge is 2.30. The molecular formula is C17H16O4S. The second kappa shape index (κ2) is 5.57. The predicted molar refractivity (Wildman–Crippen MR) is 83.8 cm³/mol. The molecule has 0 saturated carbocycles. The van der Waals surface area contributed by atoms with Crippen LogP contribution in [-0.2, 0) is 19.4 Å². The molecule has 22 heavy (non-hydrogen) atoms. The number of rotatable bonds is 3. The van der Waals surface area contributed by atoms with Crippen LogP contribution in [0.15, 0.2) is 59.0 Å². The highest BCUT2D eigenvalue weighted by atomic mass is 32.2. The van der Waals surface area contributed by atoms with Gasteiger partial charge in [0.15, 0.2) is 9.84 Å². The number of sulfone groups is 1. The van der Waals surface area contributed by atoms with Gasteiger partial charge in [-0.2, -0.15) is 0 Å². The van der Waals surface area contributed by atoms with E-state index in [1.807, 2.05) is 24.3 Å². The molecule has 114 valence electrons. The normalized spacial score (nSPS) is 21.3. The summed E-state index contributed by atoms with van der Waals surface area (Å²) in [6.45, 7) is 0.237. The third kappa shape index (κ3) is 2.76. The van der Waals surface area contributed by atoms with Gasteiger partial charge in [0.25, 0.3) is 0 Å². The summed E-state index contributed by atoms with van der Waals surface area (Å²) in [5.41, 5.74) is 2.35. The van der Waals surface area contributed by atoms with Crippen LogP contribution in [0.2, 0.25) is 0 Å². The average Bonchev–Trinajstić information content (AvgIpc) is 2.89. The van der Waals surface area contributed by atoms with Crippen molar-refractivity contribution >= 4 is 21.4 Å². The molecule has 0 amide bonds. The van der Waals surface area contributed by atoms with Crippen LogP contribution in [0.3, 0.4) is 0 Å². The first kappa shape index (κ1) is 14.8. The van der Waals surface area contributed by atoms with Gasteiger partial charge in [0.2, 0.25) is 0 Å². The van der Waals surface area contributed by atoms with Gasteiger partial charge in [-0.05, 0) is 24.1 Å². The molecule has 1 aromatic rings. The first-order valence-electron chi connectivity index (χ1n) is 7.01. The second-order valence-electron chi connectivity index (χ2n) is 5.42. The van der Waals surface area contributed by atoms with E-state index >= 15 is 0 Å². The highest BCUT2D eigenvalue weighted by molar-refractivity contribution is 7.90. The Bertz CT molecular complexity index is 796. The molecule has 1 unspecified atom stereocenters. The molecular weight excluding hydrogens is 300 g/mol. The lowest BCUT2D eigenvalue weighted by Gasteiger charge is -2.14. The van der Waals surface area contributed by atoms with Crippen molar-refractivity contribution in [2.75, 3.05) is 12.9 Å². The largest absolute Gasteiger partial charge is 0.457 e. The van der Waals surface area contributed by atoms with Crippen molar-refractivity contribution in [3.05, 3.63) is 59.7 Å². The summed E-state index contributed by atoms with van der Waals surface area (Å²) in [6, 6.07) is 6.59. The number of hydrogen-bond acceptors (Lipinski definition) is 4. The van der Waals surface area contributed by atoms with Crippen LogP contribution >= 0.6 is 0 Å². The fourth-order valence-electron chi connectivity index (χ4n) is 2.73. The molecule has 0 bridgehead atoms. The molecule has 0 N–H and O–H groups in total. The fourth-order valence-corrected chi connectivity index (χ4v) is 3.36. The monoisotopic (exact) mass is 316 g/mol. The average molecular weight is 316 g/mol. The predicted octanol–water partition coefficient (Wildman–Crippen LogP) is 2.53. The van der Waals surface area contributed by atoms with Crippen LogP contribution in [0, 0.1) is 5.92 Å². The Kier molecular flexibility index (Phi) is 3.74. The number of hydrogen-bond donors (Lipinski definition) is 0. The third-order valence-corrected chi connectivity index (χ3v) is 5.00. The van der Waals surface area contributed by atoms with Crippen molar-refractivity contribution in [2.45, 2.75) is 11.3 Å². The molecule has 1 heterocycles. The van der Waals surface area contributed by atoms with Crippen LogP contribution in [-0.4, -0.2) is 27.2 Å². The minimum Gasteiger partial charge on any atom is -0.457 e. The van der Waals surface area contributed by atoms with Crippen LogP contribution in [0.5, 0.6) is 0 Å². The van der Waals surface area contributed by atoms with Gasteiger partial charge in [0, 0.05) is 17.7 Å². The smallest absolute Gasteiger partial charge is 0.335 e. The van der Waals surface area contributed by atoms with E-state index < -0.39 is 9.84 Å². The molecule has 1 aliphatic carbocycles. The summed E-state index contributed by atoms with van der Waals surface area (Å²) in [5, 5.41) is 0. The third-order valence-electron chi connectivity index (χ3n) is 3.87. The zero-order valence-electron chi connectivity index (χ0n) is 12.2. The minimum absolute atomic E-state index is 0.0181. The molecule has 3 rings (SSSR count). The van der Waals surface area contributed by atoms with Crippen LogP contribution < -0.4 is 0 Å².